The minimum absolute atomic E-state index is 0.00523. The van der Waals surface area contributed by atoms with Crippen molar-refractivity contribution in [1.82, 2.24) is 0 Å². The van der Waals surface area contributed by atoms with Crippen molar-refractivity contribution in [2.45, 2.75) is 20.3 Å². The third-order valence-electron chi connectivity index (χ3n) is 1.15. The van der Waals surface area contributed by atoms with Crippen molar-refractivity contribution in [3.8, 4) is 0 Å². The Morgan fingerprint density at radius 3 is 2.56 bits per heavy atom. The number of allylic oxidation sites excluding steroid dienone is 3. The number of carbonyl (C=O) groups excluding carboxylic acids is 1. The Hall–Kier alpha value is -0.850. The van der Waals surface area contributed by atoms with E-state index >= 15 is 0 Å². The predicted octanol–water partition coefficient (Wildman–Crippen LogP) is 2.10. The van der Waals surface area contributed by atoms with E-state index in [0.717, 1.165) is 12.0 Å². The van der Waals surface area contributed by atoms with Crippen LogP contribution in [0.1, 0.15) is 20.3 Å². The fourth-order valence-electron chi connectivity index (χ4n) is 0.404. The van der Waals surface area contributed by atoms with Crippen LogP contribution in [0.15, 0.2) is 24.3 Å². The van der Waals surface area contributed by atoms with Gasteiger partial charge in [-0.25, -0.2) is 0 Å². The molecule has 0 aromatic heterocycles. The Kier molecular flexibility index (Phi) is 3.69. The standard InChI is InChI=1S/C8H12O/c1-4-7(3)6-8(9)5-2/h5-6H,2,4H2,1,3H3. The molecule has 0 radical (unpaired) electrons. The quantitative estimate of drug-likeness (QED) is 0.526. The van der Waals surface area contributed by atoms with Crippen molar-refractivity contribution in [2.75, 3.05) is 0 Å². The first-order valence-corrected chi connectivity index (χ1v) is 3.04. The Morgan fingerprint density at radius 2 is 2.22 bits per heavy atom. The zero-order chi connectivity index (χ0) is 7.28. The van der Waals surface area contributed by atoms with Crippen LogP contribution in [0.25, 0.3) is 0 Å². The molecule has 0 aromatic rings. The molecule has 1 heteroatoms. The maximum Gasteiger partial charge on any atom is 0.177 e. The van der Waals surface area contributed by atoms with Gasteiger partial charge in [0.15, 0.2) is 5.78 Å². The smallest absolute Gasteiger partial charge is 0.177 e. The van der Waals surface area contributed by atoms with Crippen molar-refractivity contribution in [3.63, 3.8) is 0 Å². The molecular formula is C8H12O. The van der Waals surface area contributed by atoms with E-state index in [2.05, 4.69) is 6.58 Å². The first-order chi connectivity index (χ1) is 4.20. The lowest BCUT2D eigenvalue weighted by Gasteiger charge is -1.89. The summed E-state index contributed by atoms with van der Waals surface area (Å²) in [6, 6.07) is 0. The number of carbonyl (C=O) groups is 1. The Labute approximate surface area is 56.1 Å². The van der Waals surface area contributed by atoms with Crippen molar-refractivity contribution < 1.29 is 4.79 Å². The number of hydrogen-bond donors (Lipinski definition) is 0. The minimum Gasteiger partial charge on any atom is -0.290 e. The van der Waals surface area contributed by atoms with Gasteiger partial charge in [-0.15, -0.1) is 0 Å². The molecule has 50 valence electrons. The van der Waals surface area contributed by atoms with E-state index in [-0.39, 0.29) is 5.78 Å². The van der Waals surface area contributed by atoms with Crippen LogP contribution < -0.4 is 0 Å². The first-order valence-electron chi connectivity index (χ1n) is 3.04. The molecule has 0 spiro atoms. The highest BCUT2D eigenvalue weighted by atomic mass is 16.1. The average molecular weight is 124 g/mol. The van der Waals surface area contributed by atoms with E-state index in [0.29, 0.717) is 0 Å². The van der Waals surface area contributed by atoms with E-state index in [1.54, 1.807) is 6.08 Å². The summed E-state index contributed by atoms with van der Waals surface area (Å²) in [6.07, 6.45) is 3.85. The van der Waals surface area contributed by atoms with Gasteiger partial charge < -0.3 is 0 Å². The summed E-state index contributed by atoms with van der Waals surface area (Å²) in [4.78, 5) is 10.6. The molecule has 0 aliphatic rings. The van der Waals surface area contributed by atoms with Gasteiger partial charge in [0.05, 0.1) is 0 Å². The van der Waals surface area contributed by atoms with E-state index in [9.17, 15) is 4.79 Å². The minimum atomic E-state index is -0.00523. The third-order valence-corrected chi connectivity index (χ3v) is 1.15. The highest BCUT2D eigenvalue weighted by molar-refractivity contribution is 5.99. The Morgan fingerprint density at radius 1 is 1.67 bits per heavy atom. The van der Waals surface area contributed by atoms with Gasteiger partial charge in [0.2, 0.25) is 0 Å². The summed E-state index contributed by atoms with van der Waals surface area (Å²) in [6.45, 7) is 7.30. The second-order valence-corrected chi connectivity index (χ2v) is 1.95. The molecule has 0 N–H and O–H groups in total. The predicted molar refractivity (Wildman–Crippen MR) is 39.3 cm³/mol. The van der Waals surface area contributed by atoms with E-state index in [1.165, 1.54) is 6.08 Å². The van der Waals surface area contributed by atoms with Crippen LogP contribution in [0, 0.1) is 0 Å². The van der Waals surface area contributed by atoms with Crippen LogP contribution in [0.5, 0.6) is 0 Å². The monoisotopic (exact) mass is 124 g/mol. The second-order valence-electron chi connectivity index (χ2n) is 1.95. The van der Waals surface area contributed by atoms with Crippen LogP contribution in [0.3, 0.4) is 0 Å². The summed E-state index contributed by atoms with van der Waals surface area (Å²) in [5.41, 5.74) is 1.10. The zero-order valence-electron chi connectivity index (χ0n) is 5.98. The van der Waals surface area contributed by atoms with Crippen molar-refractivity contribution in [2.24, 2.45) is 0 Å². The maximum absolute atomic E-state index is 10.6. The molecule has 0 aliphatic carbocycles. The molecule has 0 amide bonds. The highest BCUT2D eigenvalue weighted by Gasteiger charge is 1.88. The Bertz CT molecular complexity index is 143. The summed E-state index contributed by atoms with van der Waals surface area (Å²) in [5.74, 6) is -0.00523. The molecule has 0 saturated heterocycles. The van der Waals surface area contributed by atoms with E-state index in [1.807, 2.05) is 13.8 Å². The van der Waals surface area contributed by atoms with Gasteiger partial charge in [0.1, 0.15) is 0 Å². The van der Waals surface area contributed by atoms with E-state index in [4.69, 9.17) is 0 Å². The molecule has 0 rings (SSSR count). The lowest BCUT2D eigenvalue weighted by molar-refractivity contribution is -0.110. The molecule has 0 atom stereocenters. The van der Waals surface area contributed by atoms with Crippen molar-refractivity contribution in [3.05, 3.63) is 24.3 Å². The average Bonchev–Trinajstić information content (AvgIpc) is 1.87. The molecule has 0 fully saturated rings. The van der Waals surface area contributed by atoms with Crippen LogP contribution >= 0.6 is 0 Å². The normalized spacial score (nSPS) is 11.1. The molecule has 0 saturated carbocycles. The molecule has 0 unspecified atom stereocenters. The summed E-state index contributed by atoms with van der Waals surface area (Å²) < 4.78 is 0. The SMILES string of the molecule is C=CC(=O)C=C(C)CC. The topological polar surface area (TPSA) is 17.1 Å². The molecule has 0 aromatic carbocycles. The molecule has 1 nitrogen and oxygen atoms in total. The van der Waals surface area contributed by atoms with Crippen LogP contribution in [-0.2, 0) is 4.79 Å². The molecule has 9 heavy (non-hydrogen) atoms. The second kappa shape index (κ2) is 4.07. The summed E-state index contributed by atoms with van der Waals surface area (Å²) in [5, 5.41) is 0. The lowest BCUT2D eigenvalue weighted by Crippen LogP contribution is -1.85. The van der Waals surface area contributed by atoms with Crippen LogP contribution in [0.2, 0.25) is 0 Å². The van der Waals surface area contributed by atoms with Gasteiger partial charge in [0.25, 0.3) is 0 Å². The lowest BCUT2D eigenvalue weighted by atomic mass is 10.2. The zero-order valence-corrected chi connectivity index (χ0v) is 5.98. The third kappa shape index (κ3) is 3.71. The first kappa shape index (κ1) is 8.15. The number of hydrogen-bond acceptors (Lipinski definition) is 1. The number of ketones is 1. The van der Waals surface area contributed by atoms with Crippen LogP contribution in [0.4, 0.5) is 0 Å². The van der Waals surface area contributed by atoms with Gasteiger partial charge in [-0.05, 0) is 25.5 Å². The fraction of sp³-hybridized carbons (Fsp3) is 0.375. The van der Waals surface area contributed by atoms with Gasteiger partial charge in [-0.3, -0.25) is 4.79 Å². The van der Waals surface area contributed by atoms with Crippen molar-refractivity contribution >= 4 is 5.78 Å². The fourth-order valence-corrected chi connectivity index (χ4v) is 0.404. The summed E-state index contributed by atoms with van der Waals surface area (Å²) in [7, 11) is 0. The largest absolute Gasteiger partial charge is 0.290 e. The van der Waals surface area contributed by atoms with Gasteiger partial charge >= 0.3 is 0 Å². The van der Waals surface area contributed by atoms with Crippen molar-refractivity contribution in [1.29, 1.82) is 0 Å². The van der Waals surface area contributed by atoms with Gasteiger partial charge in [-0.1, -0.05) is 19.1 Å². The molecule has 0 bridgehead atoms. The number of rotatable bonds is 3. The molecule has 0 heterocycles. The summed E-state index contributed by atoms with van der Waals surface area (Å²) >= 11 is 0. The van der Waals surface area contributed by atoms with Gasteiger partial charge in [-0.2, -0.15) is 0 Å². The van der Waals surface area contributed by atoms with Crippen LogP contribution in [-0.4, -0.2) is 5.78 Å². The Balaban J connectivity index is 3.94. The molecule has 0 aliphatic heterocycles. The van der Waals surface area contributed by atoms with E-state index < -0.39 is 0 Å². The maximum atomic E-state index is 10.6. The molecular weight excluding hydrogens is 112 g/mol. The highest BCUT2D eigenvalue weighted by Crippen LogP contribution is 1.97. The van der Waals surface area contributed by atoms with Gasteiger partial charge in [0, 0.05) is 0 Å².